The minimum Gasteiger partial charge on any atom is -0.314 e. The van der Waals surface area contributed by atoms with Crippen molar-refractivity contribution in [2.45, 2.75) is 6.92 Å². The molecular weight excluding hydrogens is 156 g/mol. The zero-order valence-electron chi connectivity index (χ0n) is 6.29. The molecule has 0 heterocycles. The molecule has 0 aromatic heterocycles. The highest BCUT2D eigenvalue weighted by atomic mass is 32.1. The molecule has 0 aliphatic heterocycles. The molecule has 0 fully saturated rings. The number of thiocarbonyl (C=S) groups is 1. The Bertz CT molecular complexity index is 271. The maximum absolute atomic E-state index is 5.18. The van der Waals surface area contributed by atoms with E-state index in [1.165, 1.54) is 0 Å². The van der Waals surface area contributed by atoms with Crippen molar-refractivity contribution in [2.75, 3.05) is 0 Å². The van der Waals surface area contributed by atoms with Crippen molar-refractivity contribution < 1.29 is 0 Å². The molecule has 0 atom stereocenters. The van der Waals surface area contributed by atoms with Gasteiger partial charge in [0.05, 0.1) is 0 Å². The second-order valence-electron chi connectivity index (χ2n) is 2.29. The predicted molar refractivity (Wildman–Crippen MR) is 50.2 cm³/mol. The third kappa shape index (κ3) is 1.76. The monoisotopic (exact) mass is 166 g/mol. The largest absolute Gasteiger partial charge is 0.314 e. The normalized spacial score (nSPS) is 9.27. The second-order valence-corrected chi connectivity index (χ2v) is 2.70. The summed E-state index contributed by atoms with van der Waals surface area (Å²) in [7, 11) is 0. The van der Waals surface area contributed by atoms with Crippen LogP contribution in [0.4, 0.5) is 0 Å². The smallest absolute Gasteiger partial charge is 0.120 e. The summed E-state index contributed by atoms with van der Waals surface area (Å²) in [5, 5.41) is 0. The van der Waals surface area contributed by atoms with Gasteiger partial charge in [-0.05, 0) is 12.5 Å². The van der Waals surface area contributed by atoms with Crippen LogP contribution < -0.4 is 11.3 Å². The first-order valence-corrected chi connectivity index (χ1v) is 3.73. The van der Waals surface area contributed by atoms with Crippen molar-refractivity contribution >= 4 is 17.2 Å². The van der Waals surface area contributed by atoms with Gasteiger partial charge in [0.1, 0.15) is 4.99 Å². The molecule has 11 heavy (non-hydrogen) atoms. The third-order valence-corrected chi connectivity index (χ3v) is 1.86. The molecule has 0 saturated carbocycles. The fourth-order valence-corrected chi connectivity index (χ4v) is 1.13. The summed E-state index contributed by atoms with van der Waals surface area (Å²) >= 11 is 4.97. The first-order chi connectivity index (χ1) is 5.25. The average molecular weight is 166 g/mol. The Hall–Kier alpha value is -0.930. The topological polar surface area (TPSA) is 38.0 Å². The first-order valence-electron chi connectivity index (χ1n) is 3.32. The van der Waals surface area contributed by atoms with Crippen LogP contribution in [0.25, 0.3) is 0 Å². The van der Waals surface area contributed by atoms with Gasteiger partial charge >= 0.3 is 0 Å². The van der Waals surface area contributed by atoms with Crippen molar-refractivity contribution in [3.63, 3.8) is 0 Å². The third-order valence-electron chi connectivity index (χ3n) is 1.52. The number of hydrogen-bond acceptors (Lipinski definition) is 2. The van der Waals surface area contributed by atoms with Gasteiger partial charge in [-0.15, -0.1) is 0 Å². The summed E-state index contributed by atoms with van der Waals surface area (Å²) < 4.78 is 0. The van der Waals surface area contributed by atoms with Crippen molar-refractivity contribution in [3.8, 4) is 0 Å². The van der Waals surface area contributed by atoms with Gasteiger partial charge in [-0.2, -0.15) is 0 Å². The van der Waals surface area contributed by atoms with E-state index in [-0.39, 0.29) is 0 Å². The van der Waals surface area contributed by atoms with Gasteiger partial charge in [0.15, 0.2) is 0 Å². The van der Waals surface area contributed by atoms with Crippen LogP contribution in [0.15, 0.2) is 24.3 Å². The number of nitrogens with one attached hydrogen (secondary N) is 1. The van der Waals surface area contributed by atoms with Crippen LogP contribution >= 0.6 is 12.2 Å². The quantitative estimate of drug-likeness (QED) is 0.373. The minimum atomic E-state index is 0.586. The molecule has 1 aromatic carbocycles. The highest BCUT2D eigenvalue weighted by Crippen LogP contribution is 2.06. The lowest BCUT2D eigenvalue weighted by atomic mass is 10.1. The summed E-state index contributed by atoms with van der Waals surface area (Å²) in [5.41, 5.74) is 4.58. The Morgan fingerprint density at radius 2 is 2.09 bits per heavy atom. The van der Waals surface area contributed by atoms with Crippen LogP contribution in [0.5, 0.6) is 0 Å². The Balaban J connectivity index is 3.03. The maximum atomic E-state index is 5.18. The van der Waals surface area contributed by atoms with Crippen LogP contribution in [0.2, 0.25) is 0 Å². The van der Waals surface area contributed by atoms with E-state index in [1.54, 1.807) is 0 Å². The van der Waals surface area contributed by atoms with Crippen LogP contribution in [0, 0.1) is 6.92 Å². The van der Waals surface area contributed by atoms with Crippen LogP contribution in [0.1, 0.15) is 11.1 Å². The summed E-state index contributed by atoms with van der Waals surface area (Å²) in [6.07, 6.45) is 0. The number of aryl methyl sites for hydroxylation is 1. The highest BCUT2D eigenvalue weighted by Gasteiger charge is 1.99. The highest BCUT2D eigenvalue weighted by molar-refractivity contribution is 7.80. The van der Waals surface area contributed by atoms with Crippen LogP contribution in [-0.4, -0.2) is 4.99 Å². The molecule has 0 aliphatic rings. The molecule has 0 radical (unpaired) electrons. The fraction of sp³-hybridized carbons (Fsp3) is 0.125. The van der Waals surface area contributed by atoms with E-state index in [0.29, 0.717) is 4.99 Å². The van der Waals surface area contributed by atoms with Crippen LogP contribution in [-0.2, 0) is 0 Å². The number of hydrogen-bond donors (Lipinski definition) is 2. The standard InChI is InChI=1S/C8H10N2S/c1-6-4-2-3-5-7(6)8(11)10-9/h2-5H,9H2,1H3,(H,10,11). The average Bonchev–Trinajstić information content (AvgIpc) is 2.04. The number of nitrogens with two attached hydrogens (primary N) is 1. The lowest BCUT2D eigenvalue weighted by Gasteiger charge is -2.04. The molecule has 1 rings (SSSR count). The van der Waals surface area contributed by atoms with Gasteiger partial charge in [-0.1, -0.05) is 36.5 Å². The maximum Gasteiger partial charge on any atom is 0.120 e. The summed E-state index contributed by atoms with van der Waals surface area (Å²) in [6, 6.07) is 7.85. The summed E-state index contributed by atoms with van der Waals surface area (Å²) in [6.45, 7) is 2.00. The van der Waals surface area contributed by atoms with Gasteiger partial charge in [0.2, 0.25) is 0 Å². The molecule has 0 bridgehead atoms. The predicted octanol–water partition coefficient (Wildman–Crippen LogP) is 1.13. The van der Waals surface area contributed by atoms with E-state index < -0.39 is 0 Å². The zero-order chi connectivity index (χ0) is 8.27. The Kier molecular flexibility index (Phi) is 2.57. The van der Waals surface area contributed by atoms with Crippen molar-refractivity contribution in [2.24, 2.45) is 5.84 Å². The summed E-state index contributed by atoms with van der Waals surface area (Å²) in [4.78, 5) is 0.586. The SMILES string of the molecule is Cc1ccccc1C(=S)NN. The molecule has 2 nitrogen and oxygen atoms in total. The zero-order valence-corrected chi connectivity index (χ0v) is 7.11. The molecule has 0 spiro atoms. The number of rotatable bonds is 1. The van der Waals surface area contributed by atoms with Crippen molar-refractivity contribution in [1.82, 2.24) is 5.43 Å². The minimum absolute atomic E-state index is 0.586. The van der Waals surface area contributed by atoms with E-state index in [2.05, 4.69) is 5.43 Å². The van der Waals surface area contributed by atoms with Crippen molar-refractivity contribution in [1.29, 1.82) is 0 Å². The van der Waals surface area contributed by atoms with E-state index in [0.717, 1.165) is 11.1 Å². The molecule has 1 aromatic rings. The molecule has 0 aliphatic carbocycles. The van der Waals surface area contributed by atoms with Crippen molar-refractivity contribution in [3.05, 3.63) is 35.4 Å². The van der Waals surface area contributed by atoms with E-state index in [9.17, 15) is 0 Å². The van der Waals surface area contributed by atoms with Gasteiger partial charge in [0.25, 0.3) is 0 Å². The molecule has 0 saturated heterocycles. The summed E-state index contributed by atoms with van der Waals surface area (Å²) in [5.74, 6) is 5.18. The Morgan fingerprint density at radius 1 is 1.45 bits per heavy atom. The molecule has 3 N–H and O–H groups in total. The second kappa shape index (κ2) is 3.46. The lowest BCUT2D eigenvalue weighted by molar-refractivity contribution is 1.05. The Labute approximate surface area is 71.4 Å². The van der Waals surface area contributed by atoms with Gasteiger partial charge < -0.3 is 5.43 Å². The lowest BCUT2D eigenvalue weighted by Crippen LogP contribution is -2.29. The number of benzene rings is 1. The molecule has 58 valence electrons. The fourth-order valence-electron chi connectivity index (χ4n) is 0.905. The van der Waals surface area contributed by atoms with Gasteiger partial charge in [0, 0.05) is 5.56 Å². The molecule has 0 amide bonds. The molecular formula is C8H10N2S. The van der Waals surface area contributed by atoms with Gasteiger partial charge in [-0.25, -0.2) is 5.84 Å². The molecule has 3 heteroatoms. The Morgan fingerprint density at radius 3 is 2.64 bits per heavy atom. The van der Waals surface area contributed by atoms with E-state index in [4.69, 9.17) is 18.1 Å². The van der Waals surface area contributed by atoms with E-state index in [1.807, 2.05) is 31.2 Å². The first kappa shape index (κ1) is 8.17. The number of hydrazine groups is 1. The van der Waals surface area contributed by atoms with Crippen LogP contribution in [0.3, 0.4) is 0 Å². The molecule has 0 unspecified atom stereocenters. The van der Waals surface area contributed by atoms with E-state index >= 15 is 0 Å². The van der Waals surface area contributed by atoms with Gasteiger partial charge in [-0.3, -0.25) is 0 Å².